The lowest BCUT2D eigenvalue weighted by Crippen LogP contribution is -2.09. The van der Waals surface area contributed by atoms with Crippen molar-refractivity contribution in [2.24, 2.45) is 10.9 Å². The fraction of sp³-hybridized carbons (Fsp3) is 0.188. The van der Waals surface area contributed by atoms with Gasteiger partial charge in [-0.3, -0.25) is 0 Å². The minimum absolute atomic E-state index is 0.404. The van der Waals surface area contributed by atoms with Crippen molar-refractivity contribution >= 4 is 33.2 Å². The first kappa shape index (κ1) is 13.5. The van der Waals surface area contributed by atoms with Crippen LogP contribution in [0.4, 0.5) is 11.4 Å². The van der Waals surface area contributed by atoms with Crippen molar-refractivity contribution in [3.05, 3.63) is 47.4 Å². The maximum atomic E-state index is 11.1. The molecule has 1 aromatic heterocycles. The molecule has 0 unspecified atom stereocenters. The first-order chi connectivity index (χ1) is 10.3. The van der Waals surface area contributed by atoms with Gasteiger partial charge < -0.3 is 11.1 Å². The molecule has 2 aromatic carbocycles. The normalized spacial score (nSPS) is 10.9. The number of rotatable bonds is 5. The maximum absolute atomic E-state index is 11.1. The number of benzene rings is 2. The molecule has 5 heteroatoms. The monoisotopic (exact) mass is 280 g/mol. The van der Waals surface area contributed by atoms with Gasteiger partial charge in [-0.1, -0.05) is 24.3 Å². The Morgan fingerprint density at radius 3 is 2.71 bits per heavy atom. The van der Waals surface area contributed by atoms with E-state index < -0.39 is 0 Å². The molecule has 0 bridgehead atoms. The van der Waals surface area contributed by atoms with Crippen LogP contribution in [0.25, 0.3) is 21.8 Å². The van der Waals surface area contributed by atoms with E-state index in [0.29, 0.717) is 12.2 Å². The lowest BCUT2D eigenvalue weighted by atomic mass is 10.1. The number of fused-ring (bicyclic) bond motifs is 2. The minimum atomic E-state index is 0.404. The van der Waals surface area contributed by atoms with Crippen LogP contribution in [0, 0.1) is 4.91 Å². The molecule has 0 aliphatic carbocycles. The zero-order valence-electron chi connectivity index (χ0n) is 11.5. The number of nitrogens with two attached hydrogens (primary N) is 1. The van der Waals surface area contributed by atoms with Gasteiger partial charge in [0.2, 0.25) is 0 Å². The molecule has 0 fully saturated rings. The summed E-state index contributed by atoms with van der Waals surface area (Å²) < 4.78 is 0. The van der Waals surface area contributed by atoms with E-state index >= 15 is 0 Å². The summed E-state index contributed by atoms with van der Waals surface area (Å²) in [6.45, 7) is 1.36. The molecular formula is C16H16N4O. The zero-order valence-corrected chi connectivity index (χ0v) is 11.5. The molecule has 106 valence electrons. The second-order valence-corrected chi connectivity index (χ2v) is 4.84. The Hall–Kier alpha value is -2.53. The highest BCUT2D eigenvalue weighted by atomic mass is 16.3. The highest BCUT2D eigenvalue weighted by molar-refractivity contribution is 6.11. The average Bonchev–Trinajstić information content (AvgIpc) is 2.53. The molecule has 3 N–H and O–H groups in total. The summed E-state index contributed by atoms with van der Waals surface area (Å²) in [5, 5.41) is 8.28. The molecule has 0 amide bonds. The average molecular weight is 280 g/mol. The molecule has 3 aromatic rings. The molecule has 0 atom stereocenters. The smallest absolute Gasteiger partial charge is 0.119 e. The Morgan fingerprint density at radius 2 is 1.90 bits per heavy atom. The van der Waals surface area contributed by atoms with E-state index in [4.69, 9.17) is 5.73 Å². The molecular weight excluding hydrogens is 264 g/mol. The van der Waals surface area contributed by atoms with Crippen molar-refractivity contribution in [1.29, 1.82) is 0 Å². The van der Waals surface area contributed by atoms with Crippen molar-refractivity contribution in [1.82, 2.24) is 4.98 Å². The quantitative estimate of drug-likeness (QED) is 0.425. The van der Waals surface area contributed by atoms with Crippen LogP contribution in [0.3, 0.4) is 0 Å². The maximum Gasteiger partial charge on any atom is 0.119 e. The number of aromatic nitrogens is 1. The van der Waals surface area contributed by atoms with Crippen LogP contribution >= 0.6 is 0 Å². The highest BCUT2D eigenvalue weighted by Gasteiger charge is 2.12. The molecule has 21 heavy (non-hydrogen) atoms. The Balaban J connectivity index is 2.31. The SMILES string of the molecule is NCCCNc1c2ccccc2nc2cccc(N=O)c12. The Morgan fingerprint density at radius 1 is 1.10 bits per heavy atom. The summed E-state index contributed by atoms with van der Waals surface area (Å²) in [5.74, 6) is 0. The van der Waals surface area contributed by atoms with E-state index in [0.717, 1.165) is 40.5 Å². The third-order valence-electron chi connectivity index (χ3n) is 3.47. The standard InChI is InChI=1S/C16H16N4O/c17-9-4-10-18-16-11-5-1-2-6-12(11)19-13-7-3-8-14(20-21)15(13)16/h1-3,5-8H,4,9-10,17H2,(H,18,19). The Labute approximate surface area is 122 Å². The van der Waals surface area contributed by atoms with Gasteiger partial charge in [0.05, 0.1) is 22.1 Å². The van der Waals surface area contributed by atoms with E-state index in [1.165, 1.54) is 0 Å². The first-order valence-electron chi connectivity index (χ1n) is 6.94. The summed E-state index contributed by atoms with van der Waals surface area (Å²) in [6, 6.07) is 13.3. The van der Waals surface area contributed by atoms with Gasteiger partial charge in [0.25, 0.3) is 0 Å². The third-order valence-corrected chi connectivity index (χ3v) is 3.47. The number of pyridine rings is 1. The summed E-state index contributed by atoms with van der Waals surface area (Å²) in [6.07, 6.45) is 0.856. The molecule has 0 aliphatic rings. The molecule has 5 nitrogen and oxygen atoms in total. The van der Waals surface area contributed by atoms with E-state index in [2.05, 4.69) is 15.5 Å². The summed E-state index contributed by atoms with van der Waals surface area (Å²) in [5.41, 5.74) is 8.52. The summed E-state index contributed by atoms with van der Waals surface area (Å²) in [4.78, 5) is 15.7. The second kappa shape index (κ2) is 5.85. The van der Waals surface area contributed by atoms with Crippen LogP contribution in [-0.4, -0.2) is 18.1 Å². The van der Waals surface area contributed by atoms with Crippen molar-refractivity contribution in [2.45, 2.75) is 6.42 Å². The molecule has 3 rings (SSSR count). The number of nitrogens with one attached hydrogen (secondary N) is 1. The third kappa shape index (κ3) is 2.43. The number of hydrogen-bond acceptors (Lipinski definition) is 5. The van der Waals surface area contributed by atoms with Gasteiger partial charge in [-0.05, 0) is 36.3 Å². The van der Waals surface area contributed by atoms with Gasteiger partial charge in [-0.15, -0.1) is 4.91 Å². The van der Waals surface area contributed by atoms with Crippen molar-refractivity contribution in [3.63, 3.8) is 0 Å². The minimum Gasteiger partial charge on any atom is -0.384 e. The largest absolute Gasteiger partial charge is 0.384 e. The Bertz CT molecular complexity index is 801. The van der Waals surface area contributed by atoms with Crippen LogP contribution in [0.1, 0.15) is 6.42 Å². The molecule has 0 spiro atoms. The van der Waals surface area contributed by atoms with Gasteiger partial charge in [-0.2, -0.15) is 0 Å². The lowest BCUT2D eigenvalue weighted by molar-refractivity contribution is 0.876. The van der Waals surface area contributed by atoms with Crippen LogP contribution < -0.4 is 11.1 Å². The molecule has 0 radical (unpaired) electrons. The molecule has 0 saturated heterocycles. The van der Waals surface area contributed by atoms with Crippen LogP contribution in [0.15, 0.2) is 47.6 Å². The van der Waals surface area contributed by atoms with Crippen LogP contribution in [0.2, 0.25) is 0 Å². The fourth-order valence-corrected chi connectivity index (χ4v) is 2.50. The van der Waals surface area contributed by atoms with Crippen molar-refractivity contribution in [3.8, 4) is 0 Å². The molecule has 0 aliphatic heterocycles. The molecule has 0 saturated carbocycles. The first-order valence-corrected chi connectivity index (χ1v) is 6.94. The zero-order chi connectivity index (χ0) is 14.7. The van der Waals surface area contributed by atoms with Gasteiger partial charge in [0.1, 0.15) is 5.69 Å². The number of nitroso groups, excluding NO2 is 1. The van der Waals surface area contributed by atoms with Crippen molar-refractivity contribution in [2.75, 3.05) is 18.4 Å². The van der Waals surface area contributed by atoms with E-state index in [1.54, 1.807) is 12.1 Å². The topological polar surface area (TPSA) is 80.4 Å². The predicted octanol–water partition coefficient (Wildman–Crippen LogP) is 3.55. The fourth-order valence-electron chi connectivity index (χ4n) is 2.50. The summed E-state index contributed by atoms with van der Waals surface area (Å²) in [7, 11) is 0. The highest BCUT2D eigenvalue weighted by Crippen LogP contribution is 2.36. The number of anilines is 1. The number of para-hydroxylation sites is 1. The van der Waals surface area contributed by atoms with E-state index in [-0.39, 0.29) is 0 Å². The van der Waals surface area contributed by atoms with Crippen LogP contribution in [0.5, 0.6) is 0 Å². The van der Waals surface area contributed by atoms with Gasteiger partial charge in [0, 0.05) is 11.9 Å². The van der Waals surface area contributed by atoms with E-state index in [9.17, 15) is 4.91 Å². The summed E-state index contributed by atoms with van der Waals surface area (Å²) >= 11 is 0. The number of nitrogens with zero attached hydrogens (tertiary/aromatic N) is 2. The second-order valence-electron chi connectivity index (χ2n) is 4.84. The van der Waals surface area contributed by atoms with E-state index in [1.807, 2.05) is 30.3 Å². The Kier molecular flexibility index (Phi) is 3.75. The molecule has 1 heterocycles. The van der Waals surface area contributed by atoms with Gasteiger partial charge in [0.15, 0.2) is 0 Å². The predicted molar refractivity (Wildman–Crippen MR) is 86.9 cm³/mol. The van der Waals surface area contributed by atoms with Gasteiger partial charge in [-0.25, -0.2) is 4.98 Å². The van der Waals surface area contributed by atoms with Crippen LogP contribution in [-0.2, 0) is 0 Å². The lowest BCUT2D eigenvalue weighted by Gasteiger charge is -2.13. The van der Waals surface area contributed by atoms with Crippen molar-refractivity contribution < 1.29 is 0 Å². The number of hydrogen-bond donors (Lipinski definition) is 2. The van der Waals surface area contributed by atoms with Gasteiger partial charge >= 0.3 is 0 Å².